The summed E-state index contributed by atoms with van der Waals surface area (Å²) in [5.41, 5.74) is 3.66. The molecule has 2 aromatic rings. The van der Waals surface area contributed by atoms with Crippen LogP contribution >= 0.6 is 0 Å². The van der Waals surface area contributed by atoms with Crippen LogP contribution in [-0.2, 0) is 32.2 Å². The van der Waals surface area contributed by atoms with Gasteiger partial charge in [0.1, 0.15) is 0 Å². The number of hydrogen-bond donors (Lipinski definition) is 3. The molecule has 3 rings (SSSR count). The lowest BCUT2D eigenvalue weighted by molar-refractivity contribution is -0.252. The van der Waals surface area contributed by atoms with E-state index < -0.39 is 12.3 Å². The van der Waals surface area contributed by atoms with Crippen molar-refractivity contribution in [2.45, 2.75) is 50.9 Å². The van der Waals surface area contributed by atoms with Crippen LogP contribution in [0.3, 0.4) is 0 Å². The van der Waals surface area contributed by atoms with E-state index in [1.54, 1.807) is 0 Å². The molecule has 0 aliphatic carbocycles. The third-order valence-electron chi connectivity index (χ3n) is 5.88. The van der Waals surface area contributed by atoms with Gasteiger partial charge in [-0.2, -0.15) is 0 Å². The topological polar surface area (TPSA) is 108 Å². The van der Waals surface area contributed by atoms with E-state index in [4.69, 9.17) is 14.6 Å². The summed E-state index contributed by atoms with van der Waals surface area (Å²) in [7, 11) is 2.03. The van der Waals surface area contributed by atoms with Gasteiger partial charge in [-0.3, -0.25) is 9.59 Å². The van der Waals surface area contributed by atoms with Gasteiger partial charge in [0.15, 0.2) is 6.29 Å². The number of carboxylic acids is 1. The molecule has 3 unspecified atom stereocenters. The van der Waals surface area contributed by atoms with Gasteiger partial charge >= 0.3 is 5.97 Å². The van der Waals surface area contributed by atoms with E-state index in [1.807, 2.05) is 61.7 Å². The second kappa shape index (κ2) is 13.2. The summed E-state index contributed by atoms with van der Waals surface area (Å²) in [6.45, 7) is 5.62. The molecule has 2 aromatic carbocycles. The summed E-state index contributed by atoms with van der Waals surface area (Å²) in [6.07, 6.45) is 1.59. The number of ether oxygens (including phenoxy) is 2. The molecule has 8 nitrogen and oxygen atoms in total. The fraction of sp³-hybridized carbons (Fsp3) is 0.407. The molecule has 1 saturated heterocycles. The first-order chi connectivity index (χ1) is 16.9. The van der Waals surface area contributed by atoms with Crippen LogP contribution in [0.2, 0.25) is 0 Å². The van der Waals surface area contributed by atoms with Gasteiger partial charge in [-0.15, -0.1) is 6.58 Å². The predicted molar refractivity (Wildman–Crippen MR) is 131 cm³/mol. The molecule has 1 aliphatic rings. The first-order valence-corrected chi connectivity index (χ1v) is 11.7. The fourth-order valence-corrected chi connectivity index (χ4v) is 3.98. The van der Waals surface area contributed by atoms with Crippen LogP contribution in [-0.4, -0.2) is 53.2 Å². The second-order valence-corrected chi connectivity index (χ2v) is 8.77. The smallest absolute Gasteiger partial charge is 0.303 e. The Balaban J connectivity index is 1.68. The van der Waals surface area contributed by atoms with Gasteiger partial charge in [-0.1, -0.05) is 54.6 Å². The zero-order valence-electron chi connectivity index (χ0n) is 20.1. The second-order valence-electron chi connectivity index (χ2n) is 8.77. The van der Waals surface area contributed by atoms with Crippen molar-refractivity contribution < 1.29 is 29.3 Å². The maximum absolute atomic E-state index is 11.8. The highest BCUT2D eigenvalue weighted by molar-refractivity contribution is 5.80. The number of hydrogen-bond acceptors (Lipinski definition) is 6. The first-order valence-electron chi connectivity index (χ1n) is 11.7. The summed E-state index contributed by atoms with van der Waals surface area (Å²) in [5, 5.41) is 20.8. The lowest BCUT2D eigenvalue weighted by atomic mass is 9.99. The highest BCUT2D eigenvalue weighted by Crippen LogP contribution is 2.38. The Bertz CT molecular complexity index is 976. The van der Waals surface area contributed by atoms with Crippen molar-refractivity contribution in [2.75, 3.05) is 20.1 Å². The number of carbonyl (C=O) groups is 2. The number of aliphatic hydroxyl groups excluding tert-OH is 1. The van der Waals surface area contributed by atoms with Crippen molar-refractivity contribution in [1.29, 1.82) is 0 Å². The van der Waals surface area contributed by atoms with Crippen LogP contribution in [0.15, 0.2) is 61.2 Å². The first kappa shape index (κ1) is 26.6. The quantitative estimate of drug-likeness (QED) is 0.398. The SMILES string of the molecule is C=CCN(C)CC1CC(c2ccc(CO)cc2)OC(c2ccc(CNC(=O)CCC(=O)O)cc2)O1. The van der Waals surface area contributed by atoms with E-state index in [9.17, 15) is 14.7 Å². The zero-order valence-corrected chi connectivity index (χ0v) is 20.1. The Kier molecular flexibility index (Phi) is 9.98. The van der Waals surface area contributed by atoms with E-state index in [2.05, 4.69) is 16.8 Å². The Morgan fingerprint density at radius 3 is 2.34 bits per heavy atom. The molecule has 188 valence electrons. The van der Waals surface area contributed by atoms with Crippen molar-refractivity contribution in [3.8, 4) is 0 Å². The average Bonchev–Trinajstić information content (AvgIpc) is 2.86. The molecule has 1 aliphatic heterocycles. The summed E-state index contributed by atoms with van der Waals surface area (Å²) in [4.78, 5) is 24.5. The highest BCUT2D eigenvalue weighted by atomic mass is 16.7. The minimum atomic E-state index is -0.992. The molecule has 0 spiro atoms. The fourth-order valence-electron chi connectivity index (χ4n) is 3.98. The molecule has 0 bridgehead atoms. The number of aliphatic carboxylic acids is 1. The third-order valence-corrected chi connectivity index (χ3v) is 5.88. The normalized spacial score (nSPS) is 19.9. The molecule has 35 heavy (non-hydrogen) atoms. The number of likely N-dealkylation sites (N-methyl/N-ethyl adjacent to an activating group) is 1. The predicted octanol–water partition coefficient (Wildman–Crippen LogP) is 3.32. The van der Waals surface area contributed by atoms with Gasteiger partial charge in [-0.05, 0) is 23.7 Å². The molecular weight excluding hydrogens is 448 g/mol. The summed E-state index contributed by atoms with van der Waals surface area (Å²) >= 11 is 0. The monoisotopic (exact) mass is 482 g/mol. The Hall–Kier alpha value is -3.04. The van der Waals surface area contributed by atoms with Crippen molar-refractivity contribution in [1.82, 2.24) is 10.2 Å². The summed E-state index contributed by atoms with van der Waals surface area (Å²) < 4.78 is 12.7. The lowest BCUT2D eigenvalue weighted by Gasteiger charge is -2.37. The number of rotatable bonds is 12. The molecular formula is C27H34N2O6. The summed E-state index contributed by atoms with van der Waals surface area (Å²) in [6, 6.07) is 15.4. The highest BCUT2D eigenvalue weighted by Gasteiger charge is 2.32. The van der Waals surface area contributed by atoms with Crippen molar-refractivity contribution >= 4 is 11.9 Å². The van der Waals surface area contributed by atoms with E-state index in [0.717, 1.165) is 35.3 Å². The largest absolute Gasteiger partial charge is 0.481 e. The van der Waals surface area contributed by atoms with Gasteiger partial charge in [0.2, 0.25) is 5.91 Å². The molecule has 3 N–H and O–H groups in total. The lowest BCUT2D eigenvalue weighted by Crippen LogP contribution is -2.37. The number of nitrogens with zero attached hydrogens (tertiary/aromatic N) is 1. The number of amides is 1. The van der Waals surface area contributed by atoms with Crippen molar-refractivity contribution in [2.24, 2.45) is 0 Å². The molecule has 1 amide bonds. The Morgan fingerprint density at radius 2 is 1.71 bits per heavy atom. The van der Waals surface area contributed by atoms with Gasteiger partial charge in [0.05, 0.1) is 25.2 Å². The van der Waals surface area contributed by atoms with Crippen LogP contribution in [0.4, 0.5) is 0 Å². The summed E-state index contributed by atoms with van der Waals surface area (Å²) in [5.74, 6) is -1.29. The van der Waals surface area contributed by atoms with Crippen molar-refractivity contribution in [3.05, 3.63) is 83.4 Å². The number of carbonyl (C=O) groups excluding carboxylic acids is 1. The van der Waals surface area contributed by atoms with Crippen LogP contribution < -0.4 is 5.32 Å². The molecule has 0 radical (unpaired) electrons. The average molecular weight is 483 g/mol. The van der Waals surface area contributed by atoms with Crippen LogP contribution in [0.1, 0.15) is 53.9 Å². The molecule has 1 heterocycles. The maximum Gasteiger partial charge on any atom is 0.303 e. The van der Waals surface area contributed by atoms with Gasteiger partial charge < -0.3 is 29.9 Å². The van der Waals surface area contributed by atoms with Crippen molar-refractivity contribution in [3.63, 3.8) is 0 Å². The Labute approximate surface area is 206 Å². The van der Waals surface area contributed by atoms with E-state index in [1.165, 1.54) is 0 Å². The number of benzene rings is 2. The molecule has 3 atom stereocenters. The molecule has 8 heteroatoms. The number of carboxylic acid groups (broad SMARTS) is 1. The van der Waals surface area contributed by atoms with Gasteiger partial charge in [-0.25, -0.2) is 0 Å². The zero-order chi connectivity index (χ0) is 25.2. The molecule has 0 saturated carbocycles. The minimum absolute atomic E-state index is 0.00112. The van der Waals surface area contributed by atoms with Gasteiger partial charge in [0, 0.05) is 38.0 Å². The minimum Gasteiger partial charge on any atom is -0.481 e. The van der Waals surface area contributed by atoms with E-state index in [0.29, 0.717) is 13.0 Å². The van der Waals surface area contributed by atoms with Gasteiger partial charge in [0.25, 0.3) is 0 Å². The van der Waals surface area contributed by atoms with Crippen LogP contribution in [0.5, 0.6) is 0 Å². The van der Waals surface area contributed by atoms with Crippen LogP contribution in [0, 0.1) is 0 Å². The maximum atomic E-state index is 11.8. The molecule has 1 fully saturated rings. The standard InChI is InChI=1S/C27H34N2O6/c1-3-14-29(2)17-23-15-24(21-8-6-20(18-30)7-9-21)35-27(34-23)22-10-4-19(5-11-22)16-28-25(31)12-13-26(32)33/h3-11,23-24,27,30H,1,12-18H2,2H3,(H,28,31)(H,32,33). The van der Waals surface area contributed by atoms with E-state index >= 15 is 0 Å². The molecule has 0 aromatic heterocycles. The van der Waals surface area contributed by atoms with Crippen LogP contribution in [0.25, 0.3) is 0 Å². The van der Waals surface area contributed by atoms with E-state index in [-0.39, 0.29) is 37.6 Å². The third kappa shape index (κ3) is 8.29. The number of aliphatic hydroxyl groups is 1. The Morgan fingerprint density at radius 1 is 1.06 bits per heavy atom. The number of nitrogens with one attached hydrogen (secondary N) is 1.